The fourth-order valence-electron chi connectivity index (χ4n) is 7.04. The van der Waals surface area contributed by atoms with Crippen LogP contribution in [-0.4, -0.2) is 89.0 Å². The van der Waals surface area contributed by atoms with Crippen LogP contribution in [0.4, 0.5) is 0 Å². The van der Waals surface area contributed by atoms with Crippen LogP contribution >= 0.6 is 0 Å². The molecule has 2 bridgehead atoms. The number of methoxy groups -OCH3 is 1. The van der Waals surface area contributed by atoms with Crippen LogP contribution in [0.15, 0.2) is 12.1 Å². The predicted octanol–water partition coefficient (Wildman–Crippen LogP) is -0.701. The molecule has 10 heteroatoms. The van der Waals surface area contributed by atoms with E-state index >= 15 is 0 Å². The summed E-state index contributed by atoms with van der Waals surface area (Å²) >= 11 is 0. The van der Waals surface area contributed by atoms with Crippen LogP contribution in [0.5, 0.6) is 11.5 Å². The van der Waals surface area contributed by atoms with E-state index in [9.17, 15) is 25.2 Å². The minimum Gasteiger partial charge on any atom is -0.493 e. The molecule has 0 radical (unpaired) electrons. The standard InChI is InChI=1S/C23H29NO9/c1-30-12-4-2-9-8-11-10-3-5-13(20-23(10,6-7-24-11)14(9)18(12)32-20)31-22-17(27)15(25)16(26)19(33-22)21(28)29/h2,4,10-11,13,15-17,19-20,22,24-27H,3,5-8H2,1H3,(H,28,29)/t10-,11+,13?,15-,16-,17+,19-,20-,22+,23-/m0/s1. The molecule has 33 heavy (non-hydrogen) atoms. The number of benzene rings is 1. The number of hydrogen-bond acceptors (Lipinski definition) is 9. The third-order valence-corrected chi connectivity index (χ3v) is 8.40. The van der Waals surface area contributed by atoms with Gasteiger partial charge in [-0.15, -0.1) is 0 Å². The molecule has 10 atom stereocenters. The number of rotatable bonds is 4. The Bertz CT molecular complexity index is 971. The Morgan fingerprint density at radius 1 is 1.18 bits per heavy atom. The zero-order chi connectivity index (χ0) is 23.1. The van der Waals surface area contributed by atoms with Crippen LogP contribution < -0.4 is 14.8 Å². The van der Waals surface area contributed by atoms with E-state index in [-0.39, 0.29) is 11.5 Å². The third-order valence-electron chi connectivity index (χ3n) is 8.40. The molecule has 180 valence electrons. The van der Waals surface area contributed by atoms with Crippen molar-refractivity contribution in [2.75, 3.05) is 13.7 Å². The minimum atomic E-state index is -1.76. The quantitative estimate of drug-likeness (QED) is 0.388. The van der Waals surface area contributed by atoms with Gasteiger partial charge < -0.3 is 44.7 Å². The van der Waals surface area contributed by atoms with Crippen molar-refractivity contribution in [1.29, 1.82) is 0 Å². The second-order valence-corrected chi connectivity index (χ2v) is 9.82. The van der Waals surface area contributed by atoms with E-state index in [4.69, 9.17) is 18.9 Å². The van der Waals surface area contributed by atoms with Crippen LogP contribution in [0.2, 0.25) is 0 Å². The SMILES string of the molecule is COc1ccc2c3c1O[C@H]1C(O[C@@H]4O[C@H](C(=O)O)[C@@H](O)[C@H](O)[C@H]4O)CC[C@H]4[C@@H](C2)NCC[C@]314. The normalized spacial score (nSPS) is 45.2. The number of piperidine rings is 1. The predicted molar refractivity (Wildman–Crippen MR) is 111 cm³/mol. The molecule has 1 aromatic rings. The topological polar surface area (TPSA) is 147 Å². The summed E-state index contributed by atoms with van der Waals surface area (Å²) in [5.41, 5.74) is 2.15. The van der Waals surface area contributed by atoms with E-state index in [1.807, 2.05) is 6.07 Å². The Kier molecular flexibility index (Phi) is 4.92. The highest BCUT2D eigenvalue weighted by atomic mass is 16.7. The maximum Gasteiger partial charge on any atom is 0.335 e. The molecular weight excluding hydrogens is 434 g/mol. The fourth-order valence-corrected chi connectivity index (χ4v) is 7.04. The van der Waals surface area contributed by atoms with Gasteiger partial charge in [-0.3, -0.25) is 0 Å². The molecule has 5 aliphatic rings. The summed E-state index contributed by atoms with van der Waals surface area (Å²) in [6.07, 6.45) is -5.74. The number of carboxylic acid groups (broad SMARTS) is 1. The van der Waals surface area contributed by atoms with E-state index in [2.05, 4.69) is 11.4 Å². The molecule has 3 heterocycles. The Morgan fingerprint density at radius 2 is 2.00 bits per heavy atom. The van der Waals surface area contributed by atoms with Crippen molar-refractivity contribution in [3.05, 3.63) is 23.3 Å². The molecule has 1 saturated carbocycles. The van der Waals surface area contributed by atoms with Gasteiger partial charge in [0, 0.05) is 17.0 Å². The highest BCUT2D eigenvalue weighted by Gasteiger charge is 2.65. The van der Waals surface area contributed by atoms with Crippen LogP contribution in [0, 0.1) is 5.92 Å². The van der Waals surface area contributed by atoms with Gasteiger partial charge in [0.05, 0.1) is 13.2 Å². The van der Waals surface area contributed by atoms with Gasteiger partial charge in [0.15, 0.2) is 23.9 Å². The lowest BCUT2D eigenvalue weighted by atomic mass is 9.52. The number of ether oxygens (including phenoxy) is 4. The number of aliphatic hydroxyl groups is 3. The molecule has 0 amide bonds. The molecule has 5 N–H and O–H groups in total. The number of carboxylic acids is 1. The van der Waals surface area contributed by atoms with Crippen LogP contribution in [0.3, 0.4) is 0 Å². The lowest BCUT2D eigenvalue weighted by Gasteiger charge is -2.57. The van der Waals surface area contributed by atoms with Crippen molar-refractivity contribution in [3.63, 3.8) is 0 Å². The maximum atomic E-state index is 11.5. The smallest absolute Gasteiger partial charge is 0.335 e. The Labute approximate surface area is 190 Å². The number of hydrogen-bond donors (Lipinski definition) is 5. The minimum absolute atomic E-state index is 0.278. The zero-order valence-electron chi connectivity index (χ0n) is 18.2. The molecule has 2 saturated heterocycles. The third kappa shape index (κ3) is 2.85. The molecule has 3 fully saturated rings. The summed E-state index contributed by atoms with van der Waals surface area (Å²) in [4.78, 5) is 11.5. The number of aliphatic hydroxyl groups excluding tert-OH is 3. The summed E-state index contributed by atoms with van der Waals surface area (Å²) in [6.45, 7) is 0.846. The first-order chi connectivity index (χ1) is 15.9. The average molecular weight is 463 g/mol. The Hall–Kier alpha value is -1.95. The highest BCUT2D eigenvalue weighted by Crippen LogP contribution is 2.63. The summed E-state index contributed by atoms with van der Waals surface area (Å²) in [7, 11) is 1.62. The summed E-state index contributed by atoms with van der Waals surface area (Å²) in [6, 6.07) is 4.37. The van der Waals surface area contributed by atoms with Gasteiger partial charge in [-0.25, -0.2) is 4.79 Å². The van der Waals surface area contributed by atoms with E-state index in [1.54, 1.807) is 7.11 Å². The van der Waals surface area contributed by atoms with Gasteiger partial charge in [0.1, 0.15) is 24.4 Å². The van der Waals surface area contributed by atoms with Crippen molar-refractivity contribution < 1.29 is 44.2 Å². The first-order valence-corrected chi connectivity index (χ1v) is 11.5. The van der Waals surface area contributed by atoms with Crippen molar-refractivity contribution in [2.24, 2.45) is 5.92 Å². The maximum absolute atomic E-state index is 11.5. The van der Waals surface area contributed by atoms with Crippen molar-refractivity contribution in [3.8, 4) is 11.5 Å². The van der Waals surface area contributed by atoms with Gasteiger partial charge in [0.2, 0.25) is 0 Å². The van der Waals surface area contributed by atoms with Crippen LogP contribution in [-0.2, 0) is 26.1 Å². The first-order valence-electron chi connectivity index (χ1n) is 11.5. The second-order valence-electron chi connectivity index (χ2n) is 9.82. The average Bonchev–Trinajstić information content (AvgIpc) is 3.14. The summed E-state index contributed by atoms with van der Waals surface area (Å²) < 4.78 is 23.8. The second kappa shape index (κ2) is 7.53. The largest absolute Gasteiger partial charge is 0.493 e. The van der Waals surface area contributed by atoms with E-state index in [1.165, 1.54) is 11.1 Å². The number of nitrogens with one attached hydrogen (secondary N) is 1. The summed E-state index contributed by atoms with van der Waals surface area (Å²) in [5, 5.41) is 43.7. The van der Waals surface area contributed by atoms with Crippen LogP contribution in [0.1, 0.15) is 30.4 Å². The molecular formula is C23H29NO9. The van der Waals surface area contributed by atoms with Gasteiger partial charge in [-0.2, -0.15) is 0 Å². The molecule has 0 aromatic heterocycles. The Balaban J connectivity index is 1.36. The molecule has 1 unspecified atom stereocenters. The van der Waals surface area contributed by atoms with Crippen molar-refractivity contribution in [2.45, 2.75) is 80.1 Å². The number of aliphatic carboxylic acids is 1. The van der Waals surface area contributed by atoms with E-state index in [0.717, 1.165) is 31.6 Å². The van der Waals surface area contributed by atoms with Crippen LogP contribution in [0.25, 0.3) is 0 Å². The number of carbonyl (C=O) groups is 1. The van der Waals surface area contributed by atoms with Gasteiger partial charge in [-0.05, 0) is 49.8 Å². The van der Waals surface area contributed by atoms with Gasteiger partial charge in [-0.1, -0.05) is 6.07 Å². The van der Waals surface area contributed by atoms with Gasteiger partial charge >= 0.3 is 5.97 Å². The molecule has 1 aromatic carbocycles. The molecule has 1 spiro atoms. The zero-order valence-corrected chi connectivity index (χ0v) is 18.2. The molecule has 10 nitrogen and oxygen atoms in total. The molecule has 6 rings (SSSR count). The summed E-state index contributed by atoms with van der Waals surface area (Å²) in [5.74, 6) is 0.334. The van der Waals surface area contributed by atoms with Crippen molar-refractivity contribution in [1.82, 2.24) is 5.32 Å². The molecule has 2 aliphatic carbocycles. The van der Waals surface area contributed by atoms with Gasteiger partial charge in [0.25, 0.3) is 0 Å². The Morgan fingerprint density at radius 3 is 2.76 bits per heavy atom. The van der Waals surface area contributed by atoms with E-state index in [0.29, 0.717) is 24.1 Å². The fraction of sp³-hybridized carbons (Fsp3) is 0.696. The van der Waals surface area contributed by atoms with E-state index < -0.39 is 42.8 Å². The van der Waals surface area contributed by atoms with Crippen molar-refractivity contribution >= 4 is 5.97 Å². The lowest BCUT2D eigenvalue weighted by Crippen LogP contribution is -2.67. The monoisotopic (exact) mass is 463 g/mol. The first kappa shape index (κ1) is 21.6. The lowest BCUT2D eigenvalue weighted by molar-refractivity contribution is -0.314. The highest BCUT2D eigenvalue weighted by molar-refractivity contribution is 5.73. The molecule has 3 aliphatic heterocycles.